The number of nitrogens with one attached hydrogen (secondary N) is 1. The fourth-order valence-electron chi connectivity index (χ4n) is 1.78. The van der Waals surface area contributed by atoms with E-state index < -0.39 is 0 Å². The van der Waals surface area contributed by atoms with Crippen LogP contribution in [0.4, 0.5) is 5.82 Å². The van der Waals surface area contributed by atoms with Crippen LogP contribution in [0.5, 0.6) is 11.5 Å². The molecule has 0 radical (unpaired) electrons. The van der Waals surface area contributed by atoms with Crippen LogP contribution in [0, 0.1) is 0 Å². The molecule has 0 spiro atoms. The summed E-state index contributed by atoms with van der Waals surface area (Å²) >= 11 is 3.46. The number of methoxy groups -OCH3 is 1. The Morgan fingerprint density at radius 2 is 2.00 bits per heavy atom. The Balaban J connectivity index is 2.10. The topological polar surface area (TPSA) is 43.4 Å². The first kappa shape index (κ1) is 14.7. The highest BCUT2D eigenvalue weighted by Gasteiger charge is 2.09. The number of anilines is 1. The van der Waals surface area contributed by atoms with Crippen LogP contribution in [0.2, 0.25) is 0 Å². The average Bonchev–Trinajstić information content (AvgIpc) is 2.46. The lowest BCUT2D eigenvalue weighted by molar-refractivity contribution is 0.279. The molecule has 5 heteroatoms. The summed E-state index contributed by atoms with van der Waals surface area (Å²) in [5, 5.41) is 3.18. The van der Waals surface area contributed by atoms with Crippen LogP contribution in [-0.2, 0) is 6.61 Å². The fraction of sp³-hybridized carbons (Fsp3) is 0.267. The van der Waals surface area contributed by atoms with E-state index in [1.165, 1.54) is 0 Å². The van der Waals surface area contributed by atoms with Gasteiger partial charge in [0, 0.05) is 6.54 Å². The number of aromatic nitrogens is 1. The Morgan fingerprint density at radius 1 is 1.20 bits per heavy atom. The largest absolute Gasteiger partial charge is 0.493 e. The molecular weight excluding hydrogens is 320 g/mol. The van der Waals surface area contributed by atoms with Crippen molar-refractivity contribution in [2.45, 2.75) is 13.5 Å². The number of hydrogen-bond acceptors (Lipinski definition) is 4. The maximum atomic E-state index is 5.82. The summed E-state index contributed by atoms with van der Waals surface area (Å²) in [6, 6.07) is 11.5. The molecule has 0 aliphatic heterocycles. The molecular formula is C15H17BrN2O2. The third kappa shape index (κ3) is 3.63. The van der Waals surface area contributed by atoms with Crippen LogP contribution in [0.1, 0.15) is 12.6 Å². The van der Waals surface area contributed by atoms with E-state index in [9.17, 15) is 0 Å². The van der Waals surface area contributed by atoms with E-state index in [4.69, 9.17) is 9.47 Å². The van der Waals surface area contributed by atoms with Gasteiger partial charge in [0.15, 0.2) is 11.5 Å². The minimum absolute atomic E-state index is 0.387. The third-order valence-electron chi connectivity index (χ3n) is 2.68. The molecule has 20 heavy (non-hydrogen) atoms. The first-order chi connectivity index (χ1) is 9.74. The molecule has 1 aromatic heterocycles. The van der Waals surface area contributed by atoms with E-state index in [2.05, 4.69) is 26.2 Å². The van der Waals surface area contributed by atoms with Crippen LogP contribution in [0.15, 0.2) is 40.9 Å². The van der Waals surface area contributed by atoms with E-state index in [1.54, 1.807) is 7.11 Å². The molecule has 0 saturated heterocycles. The van der Waals surface area contributed by atoms with Gasteiger partial charge in [-0.05, 0) is 47.1 Å². The van der Waals surface area contributed by atoms with Gasteiger partial charge < -0.3 is 14.8 Å². The second kappa shape index (κ2) is 7.14. The molecule has 2 rings (SSSR count). The van der Waals surface area contributed by atoms with Crippen LogP contribution < -0.4 is 14.8 Å². The van der Waals surface area contributed by atoms with Crippen LogP contribution in [0.3, 0.4) is 0 Å². The van der Waals surface area contributed by atoms with E-state index in [0.717, 1.165) is 22.5 Å². The lowest BCUT2D eigenvalue weighted by atomic mass is 10.3. The van der Waals surface area contributed by atoms with Crippen molar-refractivity contribution in [1.82, 2.24) is 4.98 Å². The van der Waals surface area contributed by atoms with Crippen molar-refractivity contribution in [3.8, 4) is 11.5 Å². The maximum Gasteiger partial charge on any atom is 0.175 e. The van der Waals surface area contributed by atoms with Crippen molar-refractivity contribution in [2.24, 2.45) is 0 Å². The van der Waals surface area contributed by atoms with Crippen molar-refractivity contribution < 1.29 is 9.47 Å². The van der Waals surface area contributed by atoms with E-state index in [1.807, 2.05) is 43.3 Å². The van der Waals surface area contributed by atoms with E-state index in [0.29, 0.717) is 18.1 Å². The van der Waals surface area contributed by atoms with Gasteiger partial charge in [-0.3, -0.25) is 0 Å². The number of pyridine rings is 1. The summed E-state index contributed by atoms with van der Waals surface area (Å²) in [4.78, 5) is 4.47. The standard InChI is InChI=1S/C15H17BrN2O2/c1-3-17-14-9-4-6-11(18-14)10-20-15-12(16)7-5-8-13(15)19-2/h4-9H,3,10H2,1-2H3,(H,17,18). The predicted octanol–water partition coefficient (Wildman–Crippen LogP) is 3.86. The molecule has 2 aromatic rings. The monoisotopic (exact) mass is 336 g/mol. The van der Waals surface area contributed by atoms with E-state index >= 15 is 0 Å². The number of hydrogen-bond donors (Lipinski definition) is 1. The molecule has 1 N–H and O–H groups in total. The molecule has 0 atom stereocenters. The highest BCUT2D eigenvalue weighted by Crippen LogP contribution is 2.35. The van der Waals surface area contributed by atoms with Gasteiger partial charge in [0.25, 0.3) is 0 Å². The average molecular weight is 337 g/mol. The maximum absolute atomic E-state index is 5.82. The highest BCUT2D eigenvalue weighted by molar-refractivity contribution is 9.10. The zero-order chi connectivity index (χ0) is 14.4. The Labute approximate surface area is 127 Å². The summed E-state index contributed by atoms with van der Waals surface area (Å²) in [7, 11) is 1.62. The normalized spacial score (nSPS) is 10.2. The van der Waals surface area contributed by atoms with Crippen molar-refractivity contribution in [1.29, 1.82) is 0 Å². The highest BCUT2D eigenvalue weighted by atomic mass is 79.9. The minimum atomic E-state index is 0.387. The van der Waals surface area contributed by atoms with Gasteiger partial charge in [-0.15, -0.1) is 0 Å². The number of benzene rings is 1. The third-order valence-corrected chi connectivity index (χ3v) is 3.30. The smallest absolute Gasteiger partial charge is 0.175 e. The second-order valence-electron chi connectivity index (χ2n) is 4.10. The van der Waals surface area contributed by atoms with Crippen molar-refractivity contribution in [3.63, 3.8) is 0 Å². The van der Waals surface area contributed by atoms with E-state index in [-0.39, 0.29) is 0 Å². The lowest BCUT2D eigenvalue weighted by Gasteiger charge is -2.12. The minimum Gasteiger partial charge on any atom is -0.493 e. The van der Waals surface area contributed by atoms with Crippen LogP contribution in [-0.4, -0.2) is 18.6 Å². The fourth-order valence-corrected chi connectivity index (χ4v) is 2.24. The van der Waals surface area contributed by atoms with Gasteiger partial charge in [-0.1, -0.05) is 12.1 Å². The van der Waals surface area contributed by atoms with Crippen LogP contribution >= 0.6 is 15.9 Å². The predicted molar refractivity (Wildman–Crippen MR) is 83.4 cm³/mol. The van der Waals surface area contributed by atoms with Gasteiger partial charge in [0.1, 0.15) is 12.4 Å². The molecule has 0 fully saturated rings. The molecule has 106 valence electrons. The van der Waals surface area contributed by atoms with Gasteiger partial charge in [0.05, 0.1) is 17.3 Å². The molecule has 4 nitrogen and oxygen atoms in total. The lowest BCUT2D eigenvalue weighted by Crippen LogP contribution is -2.04. The Bertz CT molecular complexity index is 576. The summed E-state index contributed by atoms with van der Waals surface area (Å²) in [6.45, 7) is 3.27. The Morgan fingerprint density at radius 3 is 2.75 bits per heavy atom. The quantitative estimate of drug-likeness (QED) is 0.869. The molecule has 1 aromatic carbocycles. The second-order valence-corrected chi connectivity index (χ2v) is 4.96. The Kier molecular flexibility index (Phi) is 5.24. The number of rotatable bonds is 6. The first-order valence-electron chi connectivity index (χ1n) is 6.39. The molecule has 0 bridgehead atoms. The SMILES string of the molecule is CCNc1cccc(COc2c(Br)cccc2OC)n1. The first-order valence-corrected chi connectivity index (χ1v) is 7.19. The summed E-state index contributed by atoms with van der Waals surface area (Å²) < 4.78 is 12.0. The Hall–Kier alpha value is -1.75. The number of ether oxygens (including phenoxy) is 2. The summed E-state index contributed by atoms with van der Waals surface area (Å²) in [5.41, 5.74) is 0.862. The molecule has 0 saturated carbocycles. The number of halogens is 1. The van der Waals surface area contributed by atoms with Crippen molar-refractivity contribution in [3.05, 3.63) is 46.6 Å². The summed E-state index contributed by atoms with van der Waals surface area (Å²) in [6.07, 6.45) is 0. The molecule has 0 unspecified atom stereocenters. The van der Waals surface area contributed by atoms with Crippen molar-refractivity contribution >= 4 is 21.7 Å². The molecule has 0 aliphatic carbocycles. The van der Waals surface area contributed by atoms with Gasteiger partial charge in [-0.25, -0.2) is 4.98 Å². The zero-order valence-corrected chi connectivity index (χ0v) is 13.1. The molecule has 0 amide bonds. The van der Waals surface area contributed by atoms with Gasteiger partial charge in [0.2, 0.25) is 0 Å². The number of para-hydroxylation sites is 1. The van der Waals surface area contributed by atoms with Crippen LogP contribution in [0.25, 0.3) is 0 Å². The molecule has 0 aliphatic rings. The van der Waals surface area contributed by atoms with Gasteiger partial charge in [-0.2, -0.15) is 0 Å². The zero-order valence-electron chi connectivity index (χ0n) is 11.5. The number of nitrogens with zero attached hydrogens (tertiary/aromatic N) is 1. The summed E-state index contributed by atoms with van der Waals surface area (Å²) in [5.74, 6) is 2.24. The van der Waals surface area contributed by atoms with Gasteiger partial charge >= 0.3 is 0 Å². The molecule has 1 heterocycles. The van der Waals surface area contributed by atoms with Crippen molar-refractivity contribution in [2.75, 3.05) is 19.0 Å².